The number of anilines is 1. The van der Waals surface area contributed by atoms with Gasteiger partial charge in [0.15, 0.2) is 5.11 Å². The Balaban J connectivity index is 1.77. The van der Waals surface area contributed by atoms with E-state index in [1.807, 2.05) is 12.1 Å². The third kappa shape index (κ3) is 4.75. The normalized spacial score (nSPS) is 15.4. The molecule has 21 heavy (non-hydrogen) atoms. The van der Waals surface area contributed by atoms with Crippen LogP contribution >= 0.6 is 12.2 Å². The molecular formula is C15H24N4OS. The van der Waals surface area contributed by atoms with Crippen molar-refractivity contribution in [3.05, 3.63) is 24.3 Å². The maximum atomic E-state index is 9.34. The molecule has 0 unspecified atom stereocenters. The number of hydrogen-bond acceptors (Lipinski definition) is 4. The molecule has 0 spiro atoms. The predicted octanol–water partition coefficient (Wildman–Crippen LogP) is 0.950. The van der Waals surface area contributed by atoms with Gasteiger partial charge in [0.05, 0.1) is 0 Å². The molecule has 5 nitrogen and oxygen atoms in total. The number of likely N-dealkylation sites (N-methyl/N-ethyl adjacent to an activating group) is 1. The van der Waals surface area contributed by atoms with Crippen LogP contribution in [0.2, 0.25) is 0 Å². The lowest BCUT2D eigenvalue weighted by Crippen LogP contribution is -2.52. The molecule has 0 amide bonds. The number of hydrogen-bond donors (Lipinski definition) is 2. The summed E-state index contributed by atoms with van der Waals surface area (Å²) in [7, 11) is 4.11. The van der Waals surface area contributed by atoms with Crippen molar-refractivity contribution in [1.29, 1.82) is 0 Å². The highest BCUT2D eigenvalue weighted by Crippen LogP contribution is 2.19. The van der Waals surface area contributed by atoms with Gasteiger partial charge in [0.1, 0.15) is 5.75 Å². The van der Waals surface area contributed by atoms with Crippen molar-refractivity contribution in [3.63, 3.8) is 0 Å². The van der Waals surface area contributed by atoms with Gasteiger partial charge in [-0.2, -0.15) is 0 Å². The lowest BCUT2D eigenvalue weighted by atomic mass is 10.2. The first kappa shape index (κ1) is 15.9. The van der Waals surface area contributed by atoms with Crippen molar-refractivity contribution < 1.29 is 5.11 Å². The van der Waals surface area contributed by atoms with E-state index in [4.69, 9.17) is 12.2 Å². The van der Waals surface area contributed by atoms with E-state index in [1.165, 1.54) is 0 Å². The summed E-state index contributed by atoms with van der Waals surface area (Å²) < 4.78 is 0. The number of nitrogens with one attached hydrogen (secondary N) is 1. The van der Waals surface area contributed by atoms with E-state index >= 15 is 0 Å². The first-order valence-electron chi connectivity index (χ1n) is 7.28. The second kappa shape index (κ2) is 7.47. The summed E-state index contributed by atoms with van der Waals surface area (Å²) in [6.45, 7) is 5.60. The molecule has 0 radical (unpaired) electrons. The van der Waals surface area contributed by atoms with Crippen LogP contribution in [0.4, 0.5) is 5.69 Å². The molecular weight excluding hydrogens is 284 g/mol. The van der Waals surface area contributed by atoms with Crippen LogP contribution in [0.1, 0.15) is 0 Å². The molecule has 0 atom stereocenters. The molecule has 0 aliphatic carbocycles. The van der Waals surface area contributed by atoms with E-state index in [1.54, 1.807) is 12.1 Å². The molecule has 1 aromatic carbocycles. The fraction of sp³-hybridized carbons (Fsp3) is 0.533. The third-order valence-corrected chi connectivity index (χ3v) is 4.02. The van der Waals surface area contributed by atoms with Gasteiger partial charge in [0.25, 0.3) is 0 Å². The molecule has 0 bridgehead atoms. The summed E-state index contributed by atoms with van der Waals surface area (Å²) in [6, 6.07) is 7.38. The number of aromatic hydroxyl groups is 1. The molecule has 1 aliphatic heterocycles. The lowest BCUT2D eigenvalue weighted by Gasteiger charge is -2.37. The van der Waals surface area contributed by atoms with Crippen LogP contribution < -0.4 is 10.2 Å². The maximum absolute atomic E-state index is 9.34. The van der Waals surface area contributed by atoms with Crippen molar-refractivity contribution in [2.45, 2.75) is 0 Å². The minimum atomic E-state index is 0.309. The second-order valence-corrected chi connectivity index (χ2v) is 5.91. The topological polar surface area (TPSA) is 42.0 Å². The van der Waals surface area contributed by atoms with Crippen molar-refractivity contribution in [1.82, 2.24) is 15.1 Å². The SMILES string of the molecule is CN(C)CCNC(=S)N1CCN(c2ccc(O)cc2)CC1. The molecule has 6 heteroatoms. The van der Waals surface area contributed by atoms with Gasteiger partial charge >= 0.3 is 0 Å². The molecule has 0 aromatic heterocycles. The van der Waals surface area contributed by atoms with Crippen LogP contribution in [0.15, 0.2) is 24.3 Å². The molecule has 1 fully saturated rings. The summed E-state index contributed by atoms with van der Waals surface area (Å²) in [5, 5.41) is 13.5. The molecule has 2 N–H and O–H groups in total. The average Bonchev–Trinajstić information content (AvgIpc) is 2.48. The minimum Gasteiger partial charge on any atom is -0.508 e. The number of nitrogens with zero attached hydrogens (tertiary/aromatic N) is 3. The van der Waals surface area contributed by atoms with E-state index in [2.05, 4.69) is 34.1 Å². The largest absolute Gasteiger partial charge is 0.508 e. The monoisotopic (exact) mass is 308 g/mol. The maximum Gasteiger partial charge on any atom is 0.169 e. The number of phenols is 1. The van der Waals surface area contributed by atoms with Gasteiger partial charge in [-0.05, 0) is 50.6 Å². The molecule has 2 rings (SSSR count). The van der Waals surface area contributed by atoms with Gasteiger partial charge in [0.2, 0.25) is 0 Å². The molecule has 1 saturated heterocycles. The summed E-state index contributed by atoms with van der Waals surface area (Å²) >= 11 is 5.44. The highest BCUT2D eigenvalue weighted by atomic mass is 32.1. The van der Waals surface area contributed by atoms with Crippen molar-refractivity contribution in [3.8, 4) is 5.75 Å². The number of phenolic OH excluding ortho intramolecular Hbond substituents is 1. The van der Waals surface area contributed by atoms with E-state index in [0.717, 1.165) is 50.1 Å². The van der Waals surface area contributed by atoms with E-state index in [9.17, 15) is 5.11 Å². The molecule has 1 aliphatic rings. The van der Waals surface area contributed by atoms with E-state index < -0.39 is 0 Å². The van der Waals surface area contributed by atoms with Crippen LogP contribution in [0.5, 0.6) is 5.75 Å². The fourth-order valence-corrected chi connectivity index (χ4v) is 2.61. The Morgan fingerprint density at radius 1 is 1.19 bits per heavy atom. The van der Waals surface area contributed by atoms with Crippen molar-refractivity contribution in [2.24, 2.45) is 0 Å². The highest BCUT2D eigenvalue weighted by Gasteiger charge is 2.18. The van der Waals surface area contributed by atoms with E-state index in [0.29, 0.717) is 5.75 Å². The van der Waals surface area contributed by atoms with Gasteiger partial charge < -0.3 is 25.1 Å². The fourth-order valence-electron chi connectivity index (χ4n) is 2.33. The summed E-state index contributed by atoms with van der Waals surface area (Å²) in [5.74, 6) is 0.309. The minimum absolute atomic E-state index is 0.309. The van der Waals surface area contributed by atoms with Crippen LogP contribution in [0.25, 0.3) is 0 Å². The Kier molecular flexibility index (Phi) is 5.64. The van der Waals surface area contributed by atoms with E-state index in [-0.39, 0.29) is 0 Å². The molecule has 1 aromatic rings. The highest BCUT2D eigenvalue weighted by molar-refractivity contribution is 7.80. The number of benzene rings is 1. The number of piperazine rings is 1. The quantitative estimate of drug-likeness (QED) is 0.808. The molecule has 0 saturated carbocycles. The van der Waals surface area contributed by atoms with Crippen LogP contribution in [-0.4, -0.2) is 73.4 Å². The Bertz CT molecular complexity index is 455. The van der Waals surface area contributed by atoms with Gasteiger partial charge in [-0.3, -0.25) is 0 Å². The Labute approximate surface area is 132 Å². The Hall–Kier alpha value is -1.53. The van der Waals surface area contributed by atoms with Crippen LogP contribution in [-0.2, 0) is 0 Å². The second-order valence-electron chi connectivity index (χ2n) is 5.53. The third-order valence-electron chi connectivity index (χ3n) is 3.62. The first-order valence-corrected chi connectivity index (χ1v) is 7.68. The Morgan fingerprint density at radius 2 is 1.81 bits per heavy atom. The van der Waals surface area contributed by atoms with Crippen molar-refractivity contribution in [2.75, 3.05) is 58.3 Å². The predicted molar refractivity (Wildman–Crippen MR) is 91.0 cm³/mol. The molecule has 116 valence electrons. The van der Waals surface area contributed by atoms with Gasteiger partial charge in [0, 0.05) is 45.0 Å². The van der Waals surface area contributed by atoms with Crippen LogP contribution in [0, 0.1) is 0 Å². The zero-order chi connectivity index (χ0) is 15.2. The Morgan fingerprint density at radius 3 is 2.38 bits per heavy atom. The standard InChI is InChI=1S/C15H24N4OS/c1-17(2)8-7-16-15(21)19-11-9-18(10-12-19)13-3-5-14(20)6-4-13/h3-6,20H,7-12H2,1-2H3,(H,16,21). The molecule has 1 heterocycles. The number of rotatable bonds is 4. The zero-order valence-electron chi connectivity index (χ0n) is 12.7. The lowest BCUT2D eigenvalue weighted by molar-refractivity contribution is 0.371. The van der Waals surface area contributed by atoms with Crippen molar-refractivity contribution >= 4 is 23.0 Å². The summed E-state index contributed by atoms with van der Waals surface area (Å²) in [5.41, 5.74) is 1.15. The van der Waals surface area contributed by atoms with Gasteiger partial charge in [-0.15, -0.1) is 0 Å². The van der Waals surface area contributed by atoms with Gasteiger partial charge in [-0.1, -0.05) is 0 Å². The number of thiocarbonyl (C=S) groups is 1. The van der Waals surface area contributed by atoms with Gasteiger partial charge in [-0.25, -0.2) is 0 Å². The summed E-state index contributed by atoms with van der Waals surface area (Å²) in [6.07, 6.45) is 0. The first-order chi connectivity index (χ1) is 10.1. The van der Waals surface area contributed by atoms with Crippen LogP contribution in [0.3, 0.4) is 0 Å². The smallest absolute Gasteiger partial charge is 0.169 e. The zero-order valence-corrected chi connectivity index (χ0v) is 13.6. The summed E-state index contributed by atoms with van der Waals surface area (Å²) in [4.78, 5) is 6.68. The average molecular weight is 308 g/mol.